The van der Waals surface area contributed by atoms with Crippen molar-refractivity contribution in [1.29, 1.82) is 0 Å². The minimum absolute atomic E-state index is 0.609. The number of rotatable bonds is 3. The first kappa shape index (κ1) is 9.21. The molecule has 2 N–H and O–H groups in total. The Bertz CT molecular complexity index is 434. The van der Waals surface area contributed by atoms with Gasteiger partial charge in [-0.3, -0.25) is 0 Å². The first-order chi connectivity index (χ1) is 6.85. The Hall–Kier alpha value is -1.35. The molecule has 3 heteroatoms. The molecule has 0 spiro atoms. The van der Waals surface area contributed by atoms with Crippen LogP contribution in [0.2, 0.25) is 0 Å². The molecule has 0 saturated carbocycles. The maximum atomic E-state index is 5.50. The minimum atomic E-state index is 0.609. The molecule has 0 fully saturated rings. The molecule has 0 aliphatic rings. The van der Waals surface area contributed by atoms with Gasteiger partial charge in [-0.1, -0.05) is 18.1 Å². The van der Waals surface area contributed by atoms with E-state index in [1.165, 1.54) is 5.56 Å². The molecule has 1 aromatic carbocycles. The van der Waals surface area contributed by atoms with E-state index in [9.17, 15) is 0 Å². The molecule has 0 aliphatic heterocycles. The molecule has 1 aromatic heterocycles. The van der Waals surface area contributed by atoms with E-state index in [1.54, 1.807) is 0 Å². The van der Waals surface area contributed by atoms with Crippen molar-refractivity contribution in [3.05, 3.63) is 29.5 Å². The molecular formula is C11H14N2O. The lowest BCUT2D eigenvalue weighted by Gasteiger charge is -1.96. The van der Waals surface area contributed by atoms with E-state index >= 15 is 0 Å². The molecule has 0 saturated heterocycles. The summed E-state index contributed by atoms with van der Waals surface area (Å²) in [7, 11) is 0. The molecule has 14 heavy (non-hydrogen) atoms. The monoisotopic (exact) mass is 190 g/mol. The van der Waals surface area contributed by atoms with Crippen LogP contribution in [-0.2, 0) is 12.8 Å². The van der Waals surface area contributed by atoms with Gasteiger partial charge in [0.2, 0.25) is 0 Å². The Labute approximate surface area is 82.9 Å². The van der Waals surface area contributed by atoms with Crippen LogP contribution >= 0.6 is 0 Å². The molecular weight excluding hydrogens is 176 g/mol. The summed E-state index contributed by atoms with van der Waals surface area (Å²) in [6, 6.07) is 6.18. The van der Waals surface area contributed by atoms with Crippen LogP contribution < -0.4 is 5.73 Å². The van der Waals surface area contributed by atoms with Crippen molar-refractivity contribution < 1.29 is 4.52 Å². The summed E-state index contributed by atoms with van der Waals surface area (Å²) >= 11 is 0. The Morgan fingerprint density at radius 1 is 1.43 bits per heavy atom. The molecule has 2 rings (SSSR count). The van der Waals surface area contributed by atoms with E-state index in [-0.39, 0.29) is 0 Å². The van der Waals surface area contributed by atoms with E-state index in [2.05, 4.69) is 24.2 Å². The van der Waals surface area contributed by atoms with E-state index < -0.39 is 0 Å². The highest BCUT2D eigenvalue weighted by molar-refractivity contribution is 5.80. The fraction of sp³-hybridized carbons (Fsp3) is 0.364. The van der Waals surface area contributed by atoms with Crippen molar-refractivity contribution in [2.24, 2.45) is 5.73 Å². The number of fused-ring (bicyclic) bond motifs is 1. The second-order valence-corrected chi connectivity index (χ2v) is 3.35. The summed E-state index contributed by atoms with van der Waals surface area (Å²) in [5.41, 5.74) is 8.63. The van der Waals surface area contributed by atoms with E-state index in [0.717, 1.165) is 29.5 Å². The summed E-state index contributed by atoms with van der Waals surface area (Å²) in [5, 5.41) is 5.11. The van der Waals surface area contributed by atoms with Gasteiger partial charge in [-0.25, -0.2) is 0 Å². The zero-order chi connectivity index (χ0) is 9.97. The van der Waals surface area contributed by atoms with Gasteiger partial charge in [0.15, 0.2) is 5.58 Å². The predicted molar refractivity (Wildman–Crippen MR) is 56.1 cm³/mol. The highest BCUT2D eigenvalue weighted by Gasteiger charge is 2.07. The number of aryl methyl sites for hydroxylation is 1. The van der Waals surface area contributed by atoms with Crippen molar-refractivity contribution in [3.63, 3.8) is 0 Å². The van der Waals surface area contributed by atoms with E-state index in [1.807, 2.05) is 6.07 Å². The first-order valence-electron chi connectivity index (χ1n) is 4.92. The number of nitrogens with two attached hydrogens (primary N) is 1. The van der Waals surface area contributed by atoms with Gasteiger partial charge in [-0.05, 0) is 30.7 Å². The van der Waals surface area contributed by atoms with E-state index in [4.69, 9.17) is 10.3 Å². The van der Waals surface area contributed by atoms with E-state index in [0.29, 0.717) is 6.54 Å². The van der Waals surface area contributed by atoms with Gasteiger partial charge in [0, 0.05) is 11.8 Å². The lowest BCUT2D eigenvalue weighted by atomic mass is 10.1. The number of hydrogen-bond acceptors (Lipinski definition) is 3. The highest BCUT2D eigenvalue weighted by atomic mass is 16.5. The van der Waals surface area contributed by atoms with Gasteiger partial charge in [0.25, 0.3) is 0 Å². The van der Waals surface area contributed by atoms with Gasteiger partial charge in [-0.2, -0.15) is 0 Å². The van der Waals surface area contributed by atoms with Crippen LogP contribution in [-0.4, -0.2) is 11.7 Å². The quantitative estimate of drug-likeness (QED) is 0.804. The molecule has 74 valence electrons. The molecule has 0 atom stereocenters. The average Bonchev–Trinajstić information content (AvgIpc) is 2.61. The normalized spacial score (nSPS) is 11.0. The second-order valence-electron chi connectivity index (χ2n) is 3.35. The predicted octanol–water partition coefficient (Wildman–Crippen LogP) is 1.89. The van der Waals surface area contributed by atoms with Gasteiger partial charge < -0.3 is 10.3 Å². The molecule has 0 unspecified atom stereocenters. The number of nitrogens with zero attached hydrogens (tertiary/aromatic N) is 1. The third kappa shape index (κ3) is 1.51. The fourth-order valence-corrected chi connectivity index (χ4v) is 1.57. The summed E-state index contributed by atoms with van der Waals surface area (Å²) in [6.45, 7) is 2.75. The standard InChI is InChI=1S/C11H14N2O/c1-2-8-3-4-11-9(7-8)10(5-6-12)13-14-11/h3-4,7H,2,5-6,12H2,1H3. The summed E-state index contributed by atoms with van der Waals surface area (Å²) in [6.07, 6.45) is 1.81. The topological polar surface area (TPSA) is 52.0 Å². The van der Waals surface area contributed by atoms with Gasteiger partial charge in [0.05, 0.1) is 5.69 Å². The maximum absolute atomic E-state index is 5.50. The minimum Gasteiger partial charge on any atom is -0.356 e. The molecule has 2 aromatic rings. The molecule has 0 bridgehead atoms. The zero-order valence-corrected chi connectivity index (χ0v) is 8.29. The molecule has 0 aliphatic carbocycles. The lowest BCUT2D eigenvalue weighted by Crippen LogP contribution is -2.02. The Balaban J connectivity index is 2.52. The Kier molecular flexibility index (Phi) is 2.50. The highest BCUT2D eigenvalue weighted by Crippen LogP contribution is 2.20. The number of hydrogen-bond donors (Lipinski definition) is 1. The van der Waals surface area contributed by atoms with Crippen molar-refractivity contribution in [2.45, 2.75) is 19.8 Å². The average molecular weight is 190 g/mol. The number of aromatic nitrogens is 1. The lowest BCUT2D eigenvalue weighted by molar-refractivity contribution is 0.446. The molecule has 3 nitrogen and oxygen atoms in total. The zero-order valence-electron chi connectivity index (χ0n) is 8.29. The molecule has 1 heterocycles. The molecule has 0 radical (unpaired) electrons. The van der Waals surface area contributed by atoms with Crippen molar-refractivity contribution in [3.8, 4) is 0 Å². The Morgan fingerprint density at radius 2 is 2.29 bits per heavy atom. The largest absolute Gasteiger partial charge is 0.356 e. The van der Waals surface area contributed by atoms with Crippen molar-refractivity contribution >= 4 is 11.0 Å². The van der Waals surface area contributed by atoms with Crippen LogP contribution in [0, 0.1) is 0 Å². The van der Waals surface area contributed by atoms with Crippen LogP contribution in [0.3, 0.4) is 0 Å². The first-order valence-corrected chi connectivity index (χ1v) is 4.92. The van der Waals surface area contributed by atoms with Crippen molar-refractivity contribution in [1.82, 2.24) is 5.16 Å². The maximum Gasteiger partial charge on any atom is 0.167 e. The third-order valence-corrected chi connectivity index (χ3v) is 2.40. The summed E-state index contributed by atoms with van der Waals surface area (Å²) < 4.78 is 5.20. The second kappa shape index (κ2) is 3.80. The number of benzene rings is 1. The van der Waals surface area contributed by atoms with Gasteiger partial charge >= 0.3 is 0 Å². The third-order valence-electron chi connectivity index (χ3n) is 2.40. The Morgan fingerprint density at radius 3 is 3.00 bits per heavy atom. The summed E-state index contributed by atoms with van der Waals surface area (Å²) in [5.74, 6) is 0. The SMILES string of the molecule is CCc1ccc2onc(CCN)c2c1. The van der Waals surface area contributed by atoms with Crippen LogP contribution in [0.1, 0.15) is 18.2 Å². The summed E-state index contributed by atoms with van der Waals surface area (Å²) in [4.78, 5) is 0. The fourth-order valence-electron chi connectivity index (χ4n) is 1.57. The molecule has 0 amide bonds. The van der Waals surface area contributed by atoms with Crippen molar-refractivity contribution in [2.75, 3.05) is 6.54 Å². The van der Waals surface area contributed by atoms with Crippen LogP contribution in [0.25, 0.3) is 11.0 Å². The van der Waals surface area contributed by atoms with Gasteiger partial charge in [0.1, 0.15) is 0 Å². The van der Waals surface area contributed by atoms with Crippen LogP contribution in [0.4, 0.5) is 0 Å². The van der Waals surface area contributed by atoms with Crippen LogP contribution in [0.15, 0.2) is 22.7 Å². The van der Waals surface area contributed by atoms with Gasteiger partial charge in [-0.15, -0.1) is 0 Å². The smallest absolute Gasteiger partial charge is 0.167 e. The van der Waals surface area contributed by atoms with Crippen LogP contribution in [0.5, 0.6) is 0 Å².